The maximum absolute atomic E-state index is 13.0. The monoisotopic (exact) mass is 343 g/mol. The molecule has 0 unspecified atom stereocenters. The number of nitrogens with one attached hydrogen (secondary N) is 2. The maximum Gasteiger partial charge on any atom is 0.315 e. The van der Waals surface area contributed by atoms with Gasteiger partial charge in [0.25, 0.3) is 5.69 Å². The summed E-state index contributed by atoms with van der Waals surface area (Å²) in [5.74, 6) is -0.276. The summed E-state index contributed by atoms with van der Waals surface area (Å²) in [6.45, 7) is 0.677. The minimum Gasteiger partial charge on any atom is -0.337 e. The van der Waals surface area contributed by atoms with Gasteiger partial charge in [-0.05, 0) is 36.1 Å². The van der Waals surface area contributed by atoms with E-state index in [1.54, 1.807) is 24.3 Å². The van der Waals surface area contributed by atoms with E-state index in [0.717, 1.165) is 18.4 Å². The van der Waals surface area contributed by atoms with Crippen molar-refractivity contribution in [1.29, 1.82) is 0 Å². The van der Waals surface area contributed by atoms with E-state index in [9.17, 15) is 19.3 Å². The molecule has 0 spiro atoms. The summed E-state index contributed by atoms with van der Waals surface area (Å²) in [6, 6.07) is 12.2. The molecule has 0 saturated heterocycles. The highest BCUT2D eigenvalue weighted by Crippen LogP contribution is 2.47. The molecule has 6 nitrogen and oxygen atoms in total. The first-order valence-corrected chi connectivity index (χ1v) is 8.00. The Hall–Kier alpha value is -2.96. The zero-order valence-electron chi connectivity index (χ0n) is 13.5. The van der Waals surface area contributed by atoms with Gasteiger partial charge in [0, 0.05) is 30.6 Å². The second-order valence-electron chi connectivity index (χ2n) is 6.25. The van der Waals surface area contributed by atoms with E-state index in [2.05, 4.69) is 10.6 Å². The Morgan fingerprint density at radius 2 is 1.88 bits per heavy atom. The number of non-ortho nitro benzene ring substituents is 1. The SMILES string of the molecule is O=C(NCc1cccc([N+](=O)[O-])c1)NCC1(c2ccc(F)cc2)CC1. The van der Waals surface area contributed by atoms with Crippen molar-refractivity contribution in [2.45, 2.75) is 24.8 Å². The molecule has 7 heteroatoms. The van der Waals surface area contributed by atoms with Crippen LogP contribution in [0.25, 0.3) is 0 Å². The Morgan fingerprint density at radius 3 is 2.52 bits per heavy atom. The first kappa shape index (κ1) is 16.9. The van der Waals surface area contributed by atoms with Crippen LogP contribution in [-0.4, -0.2) is 17.5 Å². The summed E-state index contributed by atoms with van der Waals surface area (Å²) >= 11 is 0. The molecule has 0 bridgehead atoms. The summed E-state index contributed by atoms with van der Waals surface area (Å²) in [6.07, 6.45) is 1.90. The topological polar surface area (TPSA) is 84.3 Å². The van der Waals surface area contributed by atoms with Gasteiger partial charge < -0.3 is 10.6 Å². The minimum atomic E-state index is -0.469. The van der Waals surface area contributed by atoms with Crippen LogP contribution in [0.1, 0.15) is 24.0 Å². The molecule has 0 atom stereocenters. The number of hydrogen-bond donors (Lipinski definition) is 2. The van der Waals surface area contributed by atoms with Gasteiger partial charge in [-0.2, -0.15) is 0 Å². The number of urea groups is 1. The average molecular weight is 343 g/mol. The van der Waals surface area contributed by atoms with Gasteiger partial charge in [0.15, 0.2) is 0 Å². The first-order valence-electron chi connectivity index (χ1n) is 8.00. The van der Waals surface area contributed by atoms with E-state index in [1.807, 2.05) is 0 Å². The normalized spacial score (nSPS) is 14.6. The van der Waals surface area contributed by atoms with Gasteiger partial charge in [0.1, 0.15) is 5.82 Å². The average Bonchev–Trinajstić information content (AvgIpc) is 3.40. The number of amides is 2. The van der Waals surface area contributed by atoms with Crippen molar-refractivity contribution in [2.24, 2.45) is 0 Å². The van der Waals surface area contributed by atoms with Crippen molar-refractivity contribution in [3.05, 3.63) is 75.6 Å². The van der Waals surface area contributed by atoms with Crippen LogP contribution in [0.5, 0.6) is 0 Å². The number of carbonyl (C=O) groups excluding carboxylic acids is 1. The van der Waals surface area contributed by atoms with Crippen molar-refractivity contribution in [3.8, 4) is 0 Å². The van der Waals surface area contributed by atoms with Crippen LogP contribution < -0.4 is 10.6 Å². The Morgan fingerprint density at radius 1 is 1.16 bits per heavy atom. The Bertz CT molecular complexity index is 788. The molecular formula is C18H18FN3O3. The number of nitro benzene ring substituents is 1. The Kier molecular flexibility index (Phi) is 4.65. The van der Waals surface area contributed by atoms with Crippen molar-refractivity contribution >= 4 is 11.7 Å². The molecule has 130 valence electrons. The van der Waals surface area contributed by atoms with E-state index < -0.39 is 4.92 Å². The molecule has 2 N–H and O–H groups in total. The molecule has 1 saturated carbocycles. The summed E-state index contributed by atoms with van der Waals surface area (Å²) in [5, 5.41) is 16.3. The highest BCUT2D eigenvalue weighted by Gasteiger charge is 2.44. The standard InChI is InChI=1S/C18H18FN3O3/c19-15-6-4-14(5-7-15)18(8-9-18)12-21-17(23)20-11-13-2-1-3-16(10-13)22(24)25/h1-7,10H,8-9,11-12H2,(H2,20,21,23). The summed E-state index contributed by atoms with van der Waals surface area (Å²) in [4.78, 5) is 22.3. The van der Waals surface area contributed by atoms with Crippen molar-refractivity contribution in [2.75, 3.05) is 6.54 Å². The van der Waals surface area contributed by atoms with Crippen molar-refractivity contribution in [3.63, 3.8) is 0 Å². The molecule has 25 heavy (non-hydrogen) atoms. The van der Waals surface area contributed by atoms with Crippen LogP contribution in [0.3, 0.4) is 0 Å². The third kappa shape index (κ3) is 4.12. The number of rotatable bonds is 6. The smallest absolute Gasteiger partial charge is 0.315 e. The van der Waals surface area contributed by atoms with E-state index in [4.69, 9.17) is 0 Å². The predicted octanol–water partition coefficient (Wildman–Crippen LogP) is 3.26. The van der Waals surface area contributed by atoms with Crippen LogP contribution in [0, 0.1) is 15.9 Å². The quantitative estimate of drug-likeness (QED) is 0.624. The Labute approximate surface area is 144 Å². The molecule has 1 aliphatic carbocycles. The van der Waals surface area contributed by atoms with Gasteiger partial charge in [-0.15, -0.1) is 0 Å². The van der Waals surface area contributed by atoms with Crippen LogP contribution >= 0.6 is 0 Å². The molecule has 1 aliphatic rings. The van der Waals surface area contributed by atoms with Crippen LogP contribution in [0.15, 0.2) is 48.5 Å². The number of halogens is 1. The molecule has 0 radical (unpaired) electrons. The molecule has 0 heterocycles. The minimum absolute atomic E-state index is 0.00653. The lowest BCUT2D eigenvalue weighted by atomic mass is 9.96. The van der Waals surface area contributed by atoms with E-state index in [0.29, 0.717) is 12.1 Å². The molecule has 2 aromatic carbocycles. The molecule has 3 rings (SSSR count). The lowest BCUT2D eigenvalue weighted by Crippen LogP contribution is -2.39. The third-order valence-electron chi connectivity index (χ3n) is 4.47. The fourth-order valence-electron chi connectivity index (χ4n) is 2.80. The summed E-state index contributed by atoms with van der Waals surface area (Å²) in [7, 11) is 0. The van der Waals surface area contributed by atoms with Crippen LogP contribution in [0.4, 0.5) is 14.9 Å². The number of nitrogens with zero attached hydrogens (tertiary/aromatic N) is 1. The fourth-order valence-corrected chi connectivity index (χ4v) is 2.80. The summed E-state index contributed by atoms with van der Waals surface area (Å²) in [5.41, 5.74) is 1.56. The van der Waals surface area contributed by atoms with Crippen molar-refractivity contribution in [1.82, 2.24) is 10.6 Å². The zero-order chi connectivity index (χ0) is 17.9. The largest absolute Gasteiger partial charge is 0.337 e. The lowest BCUT2D eigenvalue weighted by molar-refractivity contribution is -0.384. The Balaban J connectivity index is 1.51. The number of benzene rings is 2. The zero-order valence-corrected chi connectivity index (χ0v) is 13.5. The predicted molar refractivity (Wildman–Crippen MR) is 90.6 cm³/mol. The van der Waals surface area contributed by atoms with E-state index >= 15 is 0 Å². The second kappa shape index (κ2) is 6.88. The van der Waals surface area contributed by atoms with E-state index in [1.165, 1.54) is 24.3 Å². The molecule has 0 aromatic heterocycles. The number of hydrogen-bond acceptors (Lipinski definition) is 3. The fraction of sp³-hybridized carbons (Fsp3) is 0.278. The van der Waals surface area contributed by atoms with Gasteiger partial charge in [0.05, 0.1) is 4.92 Å². The lowest BCUT2D eigenvalue weighted by Gasteiger charge is -2.17. The number of nitro groups is 1. The molecule has 2 amide bonds. The second-order valence-corrected chi connectivity index (χ2v) is 6.25. The van der Waals surface area contributed by atoms with Crippen LogP contribution in [0.2, 0.25) is 0 Å². The maximum atomic E-state index is 13.0. The first-order chi connectivity index (χ1) is 12.0. The van der Waals surface area contributed by atoms with Gasteiger partial charge in [-0.3, -0.25) is 10.1 Å². The van der Waals surface area contributed by atoms with Crippen molar-refractivity contribution < 1.29 is 14.1 Å². The van der Waals surface area contributed by atoms with Gasteiger partial charge >= 0.3 is 6.03 Å². The molecule has 1 fully saturated rings. The van der Waals surface area contributed by atoms with Gasteiger partial charge in [0.2, 0.25) is 0 Å². The molecule has 2 aromatic rings. The van der Waals surface area contributed by atoms with Gasteiger partial charge in [-0.25, -0.2) is 9.18 Å². The number of carbonyl (C=O) groups is 1. The molecule has 0 aliphatic heterocycles. The highest BCUT2D eigenvalue weighted by molar-refractivity contribution is 5.74. The third-order valence-corrected chi connectivity index (χ3v) is 4.47. The highest BCUT2D eigenvalue weighted by atomic mass is 19.1. The van der Waals surface area contributed by atoms with E-state index in [-0.39, 0.29) is 29.5 Å². The van der Waals surface area contributed by atoms with Gasteiger partial charge in [-0.1, -0.05) is 24.3 Å². The van der Waals surface area contributed by atoms with Crippen LogP contribution in [-0.2, 0) is 12.0 Å². The summed E-state index contributed by atoms with van der Waals surface area (Å²) < 4.78 is 13.0. The molecular weight excluding hydrogens is 325 g/mol.